The van der Waals surface area contributed by atoms with Gasteiger partial charge in [0.2, 0.25) is 0 Å². The molecule has 0 aliphatic heterocycles. The van der Waals surface area contributed by atoms with Crippen LogP contribution in [-0.4, -0.2) is 37.1 Å². The Balaban J connectivity index is 1.80. The molecule has 23 heavy (non-hydrogen) atoms. The number of aromatic nitrogens is 1. The quantitative estimate of drug-likeness (QED) is 0.674. The highest BCUT2D eigenvalue weighted by Crippen LogP contribution is 2.31. The minimum absolute atomic E-state index is 0.661. The van der Waals surface area contributed by atoms with Gasteiger partial charge in [-0.25, -0.2) is 0 Å². The van der Waals surface area contributed by atoms with Crippen molar-refractivity contribution in [3.63, 3.8) is 0 Å². The number of para-hydroxylation sites is 1. The van der Waals surface area contributed by atoms with Crippen molar-refractivity contribution in [2.75, 3.05) is 27.2 Å². The number of fused-ring (bicyclic) bond motifs is 1. The molecule has 1 heterocycles. The van der Waals surface area contributed by atoms with Crippen LogP contribution in [0, 0.1) is 0 Å². The van der Waals surface area contributed by atoms with Crippen LogP contribution >= 0.6 is 11.8 Å². The molecule has 0 radical (unpaired) electrons. The first-order valence-electron chi connectivity index (χ1n) is 7.61. The van der Waals surface area contributed by atoms with Crippen LogP contribution in [0.2, 0.25) is 0 Å². The molecule has 2 aromatic carbocycles. The SMILES string of the molecule is CN(C)CCOc1cccc2cc(Sc3ccccc3)cnc12. The predicted molar refractivity (Wildman–Crippen MR) is 96.4 cm³/mol. The van der Waals surface area contributed by atoms with Crippen LogP contribution in [0.25, 0.3) is 10.9 Å². The number of ether oxygens (including phenoxy) is 1. The van der Waals surface area contributed by atoms with Gasteiger partial charge in [0.1, 0.15) is 17.9 Å². The van der Waals surface area contributed by atoms with E-state index in [2.05, 4.69) is 34.1 Å². The van der Waals surface area contributed by atoms with E-state index in [1.807, 2.05) is 50.6 Å². The molecule has 0 fully saturated rings. The van der Waals surface area contributed by atoms with E-state index in [1.165, 1.54) is 4.90 Å². The van der Waals surface area contributed by atoms with E-state index in [9.17, 15) is 0 Å². The van der Waals surface area contributed by atoms with Gasteiger partial charge in [0.05, 0.1) is 0 Å². The van der Waals surface area contributed by atoms with Gasteiger partial charge in [-0.15, -0.1) is 0 Å². The molecule has 0 amide bonds. The molecule has 0 N–H and O–H groups in total. The van der Waals surface area contributed by atoms with Crippen molar-refractivity contribution in [1.29, 1.82) is 0 Å². The predicted octanol–water partition coefficient (Wildman–Crippen LogP) is 4.33. The van der Waals surface area contributed by atoms with Gasteiger partial charge in [0.25, 0.3) is 0 Å². The van der Waals surface area contributed by atoms with Crippen LogP contribution in [0.3, 0.4) is 0 Å². The number of rotatable bonds is 6. The van der Waals surface area contributed by atoms with Crippen molar-refractivity contribution in [2.45, 2.75) is 9.79 Å². The summed E-state index contributed by atoms with van der Waals surface area (Å²) in [7, 11) is 4.08. The average molecular weight is 324 g/mol. The second-order valence-corrected chi connectivity index (χ2v) is 6.71. The second-order valence-electron chi connectivity index (χ2n) is 5.57. The second kappa shape index (κ2) is 7.49. The largest absolute Gasteiger partial charge is 0.490 e. The Morgan fingerprint density at radius 3 is 2.61 bits per heavy atom. The molecule has 118 valence electrons. The van der Waals surface area contributed by atoms with E-state index in [0.717, 1.165) is 28.1 Å². The molecular weight excluding hydrogens is 304 g/mol. The molecule has 0 saturated heterocycles. The monoisotopic (exact) mass is 324 g/mol. The first-order chi connectivity index (χ1) is 11.2. The van der Waals surface area contributed by atoms with Gasteiger partial charge in [0, 0.05) is 27.9 Å². The van der Waals surface area contributed by atoms with Crippen molar-refractivity contribution in [3.05, 3.63) is 60.8 Å². The Kier molecular flexibility index (Phi) is 5.16. The third-order valence-electron chi connectivity index (χ3n) is 3.42. The van der Waals surface area contributed by atoms with E-state index >= 15 is 0 Å². The molecule has 0 bridgehead atoms. The highest BCUT2D eigenvalue weighted by Gasteiger charge is 2.06. The minimum Gasteiger partial charge on any atom is -0.490 e. The maximum atomic E-state index is 5.88. The summed E-state index contributed by atoms with van der Waals surface area (Å²) in [4.78, 5) is 9.07. The summed E-state index contributed by atoms with van der Waals surface area (Å²) >= 11 is 1.72. The average Bonchev–Trinajstić information content (AvgIpc) is 2.55. The van der Waals surface area contributed by atoms with Crippen molar-refractivity contribution >= 4 is 22.7 Å². The Morgan fingerprint density at radius 1 is 1.00 bits per heavy atom. The number of benzene rings is 2. The Labute approximate surface area is 141 Å². The highest BCUT2D eigenvalue weighted by molar-refractivity contribution is 7.99. The summed E-state index contributed by atoms with van der Waals surface area (Å²) in [6, 6.07) is 18.6. The van der Waals surface area contributed by atoms with Crippen molar-refractivity contribution in [1.82, 2.24) is 9.88 Å². The van der Waals surface area contributed by atoms with Gasteiger partial charge in [-0.3, -0.25) is 4.98 Å². The summed E-state index contributed by atoms with van der Waals surface area (Å²) in [5, 5.41) is 1.10. The van der Waals surface area contributed by atoms with Crippen molar-refractivity contribution in [3.8, 4) is 5.75 Å². The topological polar surface area (TPSA) is 25.4 Å². The standard InChI is InChI=1S/C19H20N2OS/c1-21(2)11-12-22-18-10-6-7-15-13-17(14-20-19(15)18)23-16-8-4-3-5-9-16/h3-10,13-14H,11-12H2,1-2H3. The third kappa shape index (κ3) is 4.24. The lowest BCUT2D eigenvalue weighted by Gasteiger charge is -2.12. The molecule has 3 nitrogen and oxygen atoms in total. The van der Waals surface area contributed by atoms with Crippen LogP contribution < -0.4 is 4.74 Å². The number of hydrogen-bond donors (Lipinski definition) is 0. The number of likely N-dealkylation sites (N-methyl/N-ethyl adjacent to an activating group) is 1. The van der Waals surface area contributed by atoms with Crippen molar-refractivity contribution in [2.24, 2.45) is 0 Å². The molecule has 1 aromatic heterocycles. The van der Waals surface area contributed by atoms with Crippen molar-refractivity contribution < 1.29 is 4.74 Å². The van der Waals surface area contributed by atoms with E-state index < -0.39 is 0 Å². The fourth-order valence-electron chi connectivity index (χ4n) is 2.25. The molecule has 0 saturated carbocycles. The Hall–Kier alpha value is -2.04. The lowest BCUT2D eigenvalue weighted by atomic mass is 10.2. The fourth-order valence-corrected chi connectivity index (χ4v) is 3.10. The summed E-state index contributed by atoms with van der Waals surface area (Å²) in [6.45, 7) is 1.55. The van der Waals surface area contributed by atoms with E-state index in [4.69, 9.17) is 4.74 Å². The maximum absolute atomic E-state index is 5.88. The normalized spacial score (nSPS) is 11.1. The molecule has 3 rings (SSSR count). The molecule has 4 heteroatoms. The number of nitrogens with zero attached hydrogens (tertiary/aromatic N) is 2. The zero-order chi connectivity index (χ0) is 16.1. The molecule has 3 aromatic rings. The molecule has 0 spiro atoms. The van der Waals surface area contributed by atoms with Gasteiger partial charge in [0.15, 0.2) is 0 Å². The lowest BCUT2D eigenvalue weighted by Crippen LogP contribution is -2.19. The van der Waals surface area contributed by atoms with E-state index in [0.29, 0.717) is 6.61 Å². The molecule has 0 unspecified atom stereocenters. The molecular formula is C19H20N2OS. The molecule has 0 aliphatic rings. The Bertz CT molecular complexity index is 775. The Morgan fingerprint density at radius 2 is 1.83 bits per heavy atom. The van der Waals surface area contributed by atoms with E-state index in [1.54, 1.807) is 11.8 Å². The summed E-state index contributed by atoms with van der Waals surface area (Å²) in [5.41, 5.74) is 0.920. The van der Waals surface area contributed by atoms with Crippen LogP contribution in [0.4, 0.5) is 0 Å². The van der Waals surface area contributed by atoms with Crippen LogP contribution in [0.15, 0.2) is 70.6 Å². The lowest BCUT2D eigenvalue weighted by molar-refractivity contribution is 0.263. The summed E-state index contributed by atoms with van der Waals surface area (Å²) < 4.78 is 5.88. The number of hydrogen-bond acceptors (Lipinski definition) is 4. The number of pyridine rings is 1. The van der Waals surface area contributed by atoms with Gasteiger partial charge in [-0.2, -0.15) is 0 Å². The zero-order valence-electron chi connectivity index (χ0n) is 13.4. The van der Waals surface area contributed by atoms with Gasteiger partial charge in [-0.05, 0) is 38.4 Å². The third-order valence-corrected chi connectivity index (χ3v) is 4.39. The minimum atomic E-state index is 0.661. The van der Waals surface area contributed by atoms with Crippen LogP contribution in [0.5, 0.6) is 5.75 Å². The first-order valence-corrected chi connectivity index (χ1v) is 8.43. The van der Waals surface area contributed by atoms with E-state index in [-0.39, 0.29) is 0 Å². The van der Waals surface area contributed by atoms with Crippen LogP contribution in [-0.2, 0) is 0 Å². The van der Waals surface area contributed by atoms with Gasteiger partial charge >= 0.3 is 0 Å². The fraction of sp³-hybridized carbons (Fsp3) is 0.211. The first kappa shape index (κ1) is 15.8. The summed E-state index contributed by atoms with van der Waals surface area (Å²) in [5.74, 6) is 0.848. The highest BCUT2D eigenvalue weighted by atomic mass is 32.2. The summed E-state index contributed by atoms with van der Waals surface area (Å²) in [6.07, 6.45) is 1.92. The van der Waals surface area contributed by atoms with Gasteiger partial charge < -0.3 is 9.64 Å². The van der Waals surface area contributed by atoms with Crippen LogP contribution in [0.1, 0.15) is 0 Å². The van der Waals surface area contributed by atoms with Gasteiger partial charge in [-0.1, -0.05) is 42.1 Å². The molecule has 0 aliphatic carbocycles. The zero-order valence-corrected chi connectivity index (χ0v) is 14.2. The maximum Gasteiger partial charge on any atom is 0.145 e. The smallest absolute Gasteiger partial charge is 0.145 e. The molecule has 0 atom stereocenters.